The van der Waals surface area contributed by atoms with Gasteiger partial charge in [0.25, 0.3) is 0 Å². The van der Waals surface area contributed by atoms with E-state index in [0.717, 1.165) is 11.9 Å². The molecule has 4 heteroatoms. The first-order valence-corrected chi connectivity index (χ1v) is 5.02. The SMILES string of the molecule is CC(C)(C)OC(=O)N1CC(=CCC=O)C1. The minimum atomic E-state index is -0.445. The molecule has 1 aliphatic heterocycles. The normalized spacial score (nSPS) is 15.7. The molecule has 0 unspecified atom stereocenters. The Morgan fingerprint density at radius 1 is 1.47 bits per heavy atom. The lowest BCUT2D eigenvalue weighted by molar-refractivity contribution is -0.107. The summed E-state index contributed by atoms with van der Waals surface area (Å²) in [6, 6.07) is 0. The number of carbonyl (C=O) groups excluding carboxylic acids is 2. The summed E-state index contributed by atoms with van der Waals surface area (Å²) < 4.78 is 5.18. The van der Waals surface area contributed by atoms with Gasteiger partial charge in [0.15, 0.2) is 0 Å². The van der Waals surface area contributed by atoms with E-state index in [1.807, 2.05) is 26.8 Å². The first-order valence-electron chi connectivity index (χ1n) is 5.02. The lowest BCUT2D eigenvalue weighted by Crippen LogP contribution is -2.46. The Bertz CT molecular complexity index is 281. The average molecular weight is 211 g/mol. The number of allylic oxidation sites excluding steroid dienone is 1. The van der Waals surface area contributed by atoms with Gasteiger partial charge < -0.3 is 14.4 Å². The first kappa shape index (κ1) is 11.8. The number of amides is 1. The molecule has 0 aromatic carbocycles. The average Bonchev–Trinajstić information content (AvgIpc) is 1.98. The number of nitrogens with zero attached hydrogens (tertiary/aromatic N) is 1. The molecule has 0 radical (unpaired) electrons. The Morgan fingerprint density at radius 3 is 2.53 bits per heavy atom. The minimum absolute atomic E-state index is 0.286. The van der Waals surface area contributed by atoms with Crippen LogP contribution in [0.25, 0.3) is 0 Å². The first-order chi connectivity index (χ1) is 6.92. The van der Waals surface area contributed by atoms with E-state index in [1.165, 1.54) is 0 Å². The van der Waals surface area contributed by atoms with E-state index in [-0.39, 0.29) is 6.09 Å². The highest BCUT2D eigenvalue weighted by molar-refractivity contribution is 5.70. The van der Waals surface area contributed by atoms with E-state index in [0.29, 0.717) is 19.5 Å². The summed E-state index contributed by atoms with van der Waals surface area (Å²) in [4.78, 5) is 23.2. The van der Waals surface area contributed by atoms with Crippen LogP contribution in [0.5, 0.6) is 0 Å². The molecule has 1 heterocycles. The molecule has 0 aromatic heterocycles. The number of carbonyl (C=O) groups is 2. The summed E-state index contributed by atoms with van der Waals surface area (Å²) >= 11 is 0. The van der Waals surface area contributed by atoms with Crippen molar-refractivity contribution in [1.29, 1.82) is 0 Å². The fourth-order valence-electron chi connectivity index (χ4n) is 1.24. The standard InChI is InChI=1S/C11H17NO3/c1-11(2,3)15-10(14)12-7-9(8-12)5-4-6-13/h5-6H,4,7-8H2,1-3H3. The molecule has 84 valence electrons. The third-order valence-electron chi connectivity index (χ3n) is 1.94. The summed E-state index contributed by atoms with van der Waals surface area (Å²) in [7, 11) is 0. The van der Waals surface area contributed by atoms with Crippen LogP contribution in [0.3, 0.4) is 0 Å². The van der Waals surface area contributed by atoms with E-state index >= 15 is 0 Å². The molecule has 4 nitrogen and oxygen atoms in total. The molecule has 0 spiro atoms. The van der Waals surface area contributed by atoms with Gasteiger partial charge in [-0.1, -0.05) is 6.08 Å². The number of hydrogen-bond acceptors (Lipinski definition) is 3. The van der Waals surface area contributed by atoms with Crippen LogP contribution in [-0.4, -0.2) is 36.0 Å². The van der Waals surface area contributed by atoms with Gasteiger partial charge in [0.05, 0.1) is 0 Å². The van der Waals surface area contributed by atoms with Crippen LogP contribution in [0.1, 0.15) is 27.2 Å². The van der Waals surface area contributed by atoms with Crippen molar-refractivity contribution in [2.45, 2.75) is 32.8 Å². The van der Waals surface area contributed by atoms with Crippen molar-refractivity contribution in [3.05, 3.63) is 11.6 Å². The maximum Gasteiger partial charge on any atom is 0.410 e. The number of ether oxygens (including phenoxy) is 1. The highest BCUT2D eigenvalue weighted by Gasteiger charge is 2.28. The Kier molecular flexibility index (Phi) is 3.50. The quantitative estimate of drug-likeness (QED) is 0.516. The van der Waals surface area contributed by atoms with Gasteiger partial charge in [-0.15, -0.1) is 0 Å². The van der Waals surface area contributed by atoms with Crippen molar-refractivity contribution >= 4 is 12.4 Å². The third kappa shape index (κ3) is 3.73. The van der Waals surface area contributed by atoms with Gasteiger partial charge in [0.2, 0.25) is 0 Å². The largest absolute Gasteiger partial charge is 0.444 e. The smallest absolute Gasteiger partial charge is 0.410 e. The molecule has 1 amide bonds. The molecular weight excluding hydrogens is 194 g/mol. The molecule has 0 aromatic rings. The molecule has 1 saturated heterocycles. The van der Waals surface area contributed by atoms with Gasteiger partial charge in [-0.25, -0.2) is 4.79 Å². The zero-order chi connectivity index (χ0) is 11.5. The van der Waals surface area contributed by atoms with Crippen molar-refractivity contribution in [3.8, 4) is 0 Å². The number of aldehydes is 1. The summed E-state index contributed by atoms with van der Waals surface area (Å²) in [6.07, 6.45) is 2.85. The van der Waals surface area contributed by atoms with Crippen LogP contribution in [0, 0.1) is 0 Å². The summed E-state index contributed by atoms with van der Waals surface area (Å²) in [5.41, 5.74) is 0.673. The fourth-order valence-corrected chi connectivity index (χ4v) is 1.24. The van der Waals surface area contributed by atoms with Gasteiger partial charge in [0.1, 0.15) is 11.9 Å². The second-order valence-electron chi connectivity index (χ2n) is 4.60. The van der Waals surface area contributed by atoms with E-state index in [9.17, 15) is 9.59 Å². The van der Waals surface area contributed by atoms with Crippen molar-refractivity contribution < 1.29 is 14.3 Å². The molecule has 0 saturated carbocycles. The molecule has 0 aliphatic carbocycles. The van der Waals surface area contributed by atoms with E-state index in [2.05, 4.69) is 0 Å². The Hall–Kier alpha value is -1.32. The van der Waals surface area contributed by atoms with Crippen LogP contribution < -0.4 is 0 Å². The van der Waals surface area contributed by atoms with Crippen LogP contribution in [0.15, 0.2) is 11.6 Å². The molecule has 15 heavy (non-hydrogen) atoms. The van der Waals surface area contributed by atoms with Gasteiger partial charge >= 0.3 is 6.09 Å². The zero-order valence-corrected chi connectivity index (χ0v) is 9.45. The highest BCUT2D eigenvalue weighted by atomic mass is 16.6. The predicted octanol–water partition coefficient (Wildman–Crippen LogP) is 1.75. The van der Waals surface area contributed by atoms with E-state index in [1.54, 1.807) is 4.90 Å². The van der Waals surface area contributed by atoms with Crippen molar-refractivity contribution in [2.75, 3.05) is 13.1 Å². The van der Waals surface area contributed by atoms with Crippen molar-refractivity contribution in [3.63, 3.8) is 0 Å². The second kappa shape index (κ2) is 4.47. The van der Waals surface area contributed by atoms with Gasteiger partial charge in [-0.05, 0) is 26.3 Å². The molecule has 1 aliphatic rings. The summed E-state index contributed by atoms with van der Waals surface area (Å²) in [5.74, 6) is 0. The topological polar surface area (TPSA) is 46.6 Å². The maximum absolute atomic E-state index is 11.5. The number of hydrogen-bond donors (Lipinski definition) is 0. The number of likely N-dealkylation sites (tertiary alicyclic amines) is 1. The lowest BCUT2D eigenvalue weighted by atomic mass is 10.1. The number of rotatable bonds is 2. The van der Waals surface area contributed by atoms with Crippen LogP contribution in [-0.2, 0) is 9.53 Å². The predicted molar refractivity (Wildman–Crippen MR) is 56.6 cm³/mol. The molecule has 0 N–H and O–H groups in total. The molecular formula is C11H17NO3. The van der Waals surface area contributed by atoms with Gasteiger partial charge in [-0.2, -0.15) is 0 Å². The maximum atomic E-state index is 11.5. The Balaban J connectivity index is 2.32. The van der Waals surface area contributed by atoms with Gasteiger partial charge in [0, 0.05) is 19.5 Å². The van der Waals surface area contributed by atoms with E-state index in [4.69, 9.17) is 4.74 Å². The molecule has 1 fully saturated rings. The minimum Gasteiger partial charge on any atom is -0.444 e. The zero-order valence-electron chi connectivity index (χ0n) is 9.45. The Labute approximate surface area is 89.9 Å². The monoisotopic (exact) mass is 211 g/mol. The second-order valence-corrected chi connectivity index (χ2v) is 4.60. The van der Waals surface area contributed by atoms with E-state index < -0.39 is 5.60 Å². The van der Waals surface area contributed by atoms with Crippen LogP contribution >= 0.6 is 0 Å². The Morgan fingerprint density at radius 2 is 2.07 bits per heavy atom. The fraction of sp³-hybridized carbons (Fsp3) is 0.636. The van der Waals surface area contributed by atoms with Crippen LogP contribution in [0.4, 0.5) is 4.79 Å². The summed E-state index contributed by atoms with van der Waals surface area (Å²) in [5, 5.41) is 0. The molecule has 0 atom stereocenters. The van der Waals surface area contributed by atoms with Crippen molar-refractivity contribution in [1.82, 2.24) is 4.90 Å². The lowest BCUT2D eigenvalue weighted by Gasteiger charge is -2.35. The third-order valence-corrected chi connectivity index (χ3v) is 1.94. The summed E-state index contributed by atoms with van der Waals surface area (Å²) in [6.45, 7) is 6.70. The molecule has 0 bridgehead atoms. The van der Waals surface area contributed by atoms with Gasteiger partial charge in [-0.3, -0.25) is 0 Å². The highest BCUT2D eigenvalue weighted by Crippen LogP contribution is 2.18. The molecule has 1 rings (SSSR count). The van der Waals surface area contributed by atoms with Crippen LogP contribution in [0.2, 0.25) is 0 Å². The van der Waals surface area contributed by atoms with Crippen molar-refractivity contribution in [2.24, 2.45) is 0 Å².